The molecule has 1 aromatic heterocycles. The Kier molecular flexibility index (Phi) is 3.62. The Labute approximate surface area is 113 Å². The quantitative estimate of drug-likeness (QED) is 0.911. The molecule has 1 atom stereocenters. The molecule has 0 aliphatic carbocycles. The van der Waals surface area contributed by atoms with Gasteiger partial charge in [-0.2, -0.15) is 0 Å². The average Bonchev–Trinajstić information content (AvgIpc) is 3.11. The lowest BCUT2D eigenvalue weighted by Gasteiger charge is -2.21. The molecular weight excluding hydrogens is 238 g/mol. The van der Waals surface area contributed by atoms with Crippen molar-refractivity contribution in [3.63, 3.8) is 0 Å². The van der Waals surface area contributed by atoms with Crippen LogP contribution in [0, 0.1) is 0 Å². The zero-order valence-corrected chi connectivity index (χ0v) is 11.2. The molecule has 0 radical (unpaired) electrons. The van der Waals surface area contributed by atoms with Gasteiger partial charge in [0.25, 0.3) is 0 Å². The summed E-state index contributed by atoms with van der Waals surface area (Å²) in [5.74, 6) is 0.924. The van der Waals surface area contributed by atoms with Gasteiger partial charge in [-0.1, -0.05) is 35.5 Å². The summed E-state index contributed by atoms with van der Waals surface area (Å²) in [7, 11) is 2.14. The minimum absolute atomic E-state index is 0.602. The molecule has 4 nitrogen and oxygen atoms in total. The van der Waals surface area contributed by atoms with Crippen molar-refractivity contribution in [1.82, 2.24) is 15.4 Å². The molecule has 2 heterocycles. The number of hydrogen-bond acceptors (Lipinski definition) is 4. The van der Waals surface area contributed by atoms with Gasteiger partial charge in [0.2, 0.25) is 0 Å². The van der Waals surface area contributed by atoms with Crippen LogP contribution < -0.4 is 5.32 Å². The van der Waals surface area contributed by atoms with Gasteiger partial charge in [-0.15, -0.1) is 0 Å². The molecule has 1 aliphatic heterocycles. The molecule has 1 unspecified atom stereocenters. The maximum atomic E-state index is 5.44. The van der Waals surface area contributed by atoms with Crippen molar-refractivity contribution in [1.29, 1.82) is 0 Å². The van der Waals surface area contributed by atoms with Crippen LogP contribution in [0.5, 0.6) is 0 Å². The normalized spacial score (nSPS) is 19.2. The van der Waals surface area contributed by atoms with Gasteiger partial charge in [-0.05, 0) is 20.0 Å². The van der Waals surface area contributed by atoms with E-state index in [1.165, 1.54) is 6.42 Å². The van der Waals surface area contributed by atoms with Crippen molar-refractivity contribution < 1.29 is 4.52 Å². The van der Waals surface area contributed by atoms with Crippen molar-refractivity contribution in [3.05, 3.63) is 42.2 Å². The van der Waals surface area contributed by atoms with Crippen LogP contribution in [0.25, 0.3) is 11.3 Å². The highest BCUT2D eigenvalue weighted by atomic mass is 16.5. The summed E-state index contributed by atoms with van der Waals surface area (Å²) in [5.41, 5.74) is 2.01. The first-order valence-corrected chi connectivity index (χ1v) is 6.75. The molecule has 2 aromatic rings. The lowest BCUT2D eigenvalue weighted by Crippen LogP contribution is -2.32. The molecule has 0 amide bonds. The van der Waals surface area contributed by atoms with E-state index in [0.717, 1.165) is 36.7 Å². The van der Waals surface area contributed by atoms with Gasteiger partial charge in [0.1, 0.15) is 5.69 Å². The fourth-order valence-corrected chi connectivity index (χ4v) is 2.52. The summed E-state index contributed by atoms with van der Waals surface area (Å²) in [5, 5.41) is 7.53. The first kappa shape index (κ1) is 12.4. The third-order valence-electron chi connectivity index (χ3n) is 3.69. The summed E-state index contributed by atoms with van der Waals surface area (Å²) in [6, 6.07) is 12.8. The topological polar surface area (TPSA) is 41.3 Å². The maximum absolute atomic E-state index is 5.44. The first-order chi connectivity index (χ1) is 9.33. The molecule has 0 bridgehead atoms. The zero-order valence-electron chi connectivity index (χ0n) is 11.2. The van der Waals surface area contributed by atoms with Gasteiger partial charge in [0, 0.05) is 24.2 Å². The van der Waals surface area contributed by atoms with Gasteiger partial charge in [0.05, 0.1) is 6.54 Å². The molecule has 1 saturated heterocycles. The van der Waals surface area contributed by atoms with E-state index in [1.54, 1.807) is 0 Å². The van der Waals surface area contributed by atoms with Gasteiger partial charge < -0.3 is 9.84 Å². The molecular formula is C15H19N3O. The molecule has 1 aromatic carbocycles. The van der Waals surface area contributed by atoms with E-state index in [1.807, 2.05) is 36.4 Å². The van der Waals surface area contributed by atoms with Crippen LogP contribution in [0.15, 0.2) is 40.9 Å². The number of likely N-dealkylation sites (N-methyl/N-ethyl adjacent to an activating group) is 1. The Bertz CT molecular complexity index is 517. The van der Waals surface area contributed by atoms with E-state index in [0.29, 0.717) is 6.04 Å². The van der Waals surface area contributed by atoms with Crippen molar-refractivity contribution in [2.45, 2.75) is 19.0 Å². The van der Waals surface area contributed by atoms with Crippen LogP contribution in [0.1, 0.15) is 12.2 Å². The lowest BCUT2D eigenvalue weighted by molar-refractivity contribution is 0.218. The fraction of sp³-hybridized carbons (Fsp3) is 0.400. The number of nitrogens with one attached hydrogen (secondary N) is 1. The summed E-state index contributed by atoms with van der Waals surface area (Å²) in [4.78, 5) is 2.33. The molecule has 100 valence electrons. The van der Waals surface area contributed by atoms with Crippen molar-refractivity contribution in [2.24, 2.45) is 0 Å². The van der Waals surface area contributed by atoms with E-state index in [-0.39, 0.29) is 0 Å². The van der Waals surface area contributed by atoms with Gasteiger partial charge in [-0.25, -0.2) is 0 Å². The summed E-state index contributed by atoms with van der Waals surface area (Å²) in [6.45, 7) is 2.99. The molecule has 3 rings (SSSR count). The van der Waals surface area contributed by atoms with Crippen molar-refractivity contribution in [3.8, 4) is 11.3 Å². The van der Waals surface area contributed by atoms with Crippen LogP contribution in [0.2, 0.25) is 0 Å². The van der Waals surface area contributed by atoms with Gasteiger partial charge >= 0.3 is 0 Å². The maximum Gasteiger partial charge on any atom is 0.151 e. The Hall–Kier alpha value is -1.65. The molecule has 1 aliphatic rings. The molecule has 0 saturated carbocycles. The van der Waals surface area contributed by atoms with E-state index in [4.69, 9.17) is 4.52 Å². The Morgan fingerprint density at radius 2 is 2.21 bits per heavy atom. The monoisotopic (exact) mass is 257 g/mol. The summed E-state index contributed by atoms with van der Waals surface area (Å²) in [6.07, 6.45) is 1.20. The lowest BCUT2D eigenvalue weighted by atomic mass is 10.1. The van der Waals surface area contributed by atoms with Crippen LogP contribution in [-0.2, 0) is 6.54 Å². The average molecular weight is 257 g/mol. The van der Waals surface area contributed by atoms with Crippen molar-refractivity contribution >= 4 is 0 Å². The predicted molar refractivity (Wildman–Crippen MR) is 74.7 cm³/mol. The van der Waals surface area contributed by atoms with Gasteiger partial charge in [-0.3, -0.25) is 4.90 Å². The predicted octanol–water partition coefficient (Wildman–Crippen LogP) is 2.14. The van der Waals surface area contributed by atoms with E-state index in [2.05, 4.69) is 22.4 Å². The zero-order chi connectivity index (χ0) is 13.1. The fourth-order valence-electron chi connectivity index (χ4n) is 2.52. The first-order valence-electron chi connectivity index (χ1n) is 6.75. The summed E-state index contributed by atoms with van der Waals surface area (Å²) >= 11 is 0. The number of rotatable bonds is 4. The smallest absolute Gasteiger partial charge is 0.151 e. The minimum atomic E-state index is 0.602. The largest absolute Gasteiger partial charge is 0.359 e. The standard InChI is InChI=1S/C15H19N3O/c1-18(13-7-8-16-10-13)11-14-9-15(17-19-14)12-5-3-2-4-6-12/h2-6,9,13,16H,7-8,10-11H2,1H3. The molecule has 1 fully saturated rings. The van der Waals surface area contributed by atoms with Gasteiger partial charge in [0.15, 0.2) is 5.76 Å². The second-order valence-electron chi connectivity index (χ2n) is 5.11. The van der Waals surface area contributed by atoms with Crippen LogP contribution >= 0.6 is 0 Å². The Morgan fingerprint density at radius 3 is 2.95 bits per heavy atom. The highest BCUT2D eigenvalue weighted by Gasteiger charge is 2.20. The number of aromatic nitrogens is 1. The van der Waals surface area contributed by atoms with E-state index in [9.17, 15) is 0 Å². The van der Waals surface area contributed by atoms with Crippen LogP contribution in [-0.4, -0.2) is 36.2 Å². The highest BCUT2D eigenvalue weighted by Crippen LogP contribution is 2.20. The molecule has 19 heavy (non-hydrogen) atoms. The summed E-state index contributed by atoms with van der Waals surface area (Å²) < 4.78 is 5.44. The highest BCUT2D eigenvalue weighted by molar-refractivity contribution is 5.58. The van der Waals surface area contributed by atoms with E-state index < -0.39 is 0 Å². The van der Waals surface area contributed by atoms with E-state index >= 15 is 0 Å². The van der Waals surface area contributed by atoms with Crippen LogP contribution in [0.4, 0.5) is 0 Å². The second-order valence-corrected chi connectivity index (χ2v) is 5.11. The Balaban J connectivity index is 1.68. The van der Waals surface area contributed by atoms with Crippen LogP contribution in [0.3, 0.4) is 0 Å². The molecule has 1 N–H and O–H groups in total. The minimum Gasteiger partial charge on any atom is -0.359 e. The molecule has 4 heteroatoms. The second kappa shape index (κ2) is 5.55. The Morgan fingerprint density at radius 1 is 1.37 bits per heavy atom. The molecule has 0 spiro atoms. The number of hydrogen-bond donors (Lipinski definition) is 1. The SMILES string of the molecule is CN(Cc1cc(-c2ccccc2)no1)C1CCNC1. The third-order valence-corrected chi connectivity index (χ3v) is 3.69. The number of benzene rings is 1. The third kappa shape index (κ3) is 2.85. The van der Waals surface area contributed by atoms with Crippen molar-refractivity contribution in [2.75, 3.05) is 20.1 Å². The number of nitrogens with zero attached hydrogens (tertiary/aromatic N) is 2.